The molecular weight excluding hydrogens is 807 g/mol. The van der Waals surface area contributed by atoms with Gasteiger partial charge in [0.1, 0.15) is 24.4 Å². The summed E-state index contributed by atoms with van der Waals surface area (Å²) in [4.78, 5) is 19.5. The number of hydrogen-bond donors (Lipinski definition) is 16. The maximum Gasteiger partial charge on any atom is 1.00 e. The Labute approximate surface area is 367 Å². The molecule has 1 saturated carbocycles. The molecule has 22 heteroatoms. The SMILES string of the molecule is CC1CCC(C(C)C)C(O)C1.CCO.O=C(O)C(O)C(O)C(=O)O.O=S(=O)(O)O.OCC(O)C(O)C(O)CO.OCC(O)CO.[CH2-]CCCCCCCCCCC.[Na+]. The number of aliphatic hydroxyl groups is 12. The van der Waals surface area contributed by atoms with Gasteiger partial charge in [0.2, 0.25) is 0 Å². The van der Waals surface area contributed by atoms with Crippen LogP contribution in [-0.2, 0) is 20.0 Å². The molecule has 0 saturated heterocycles. The summed E-state index contributed by atoms with van der Waals surface area (Å²) < 4.78 is 31.6. The molecule has 0 aliphatic heterocycles. The van der Waals surface area contributed by atoms with E-state index in [2.05, 4.69) is 34.6 Å². The van der Waals surface area contributed by atoms with Crippen LogP contribution in [0.3, 0.4) is 0 Å². The second kappa shape index (κ2) is 49.0. The first kappa shape index (κ1) is 71.8. The molecule has 1 aliphatic carbocycles. The third kappa shape index (κ3) is 57.4. The summed E-state index contributed by atoms with van der Waals surface area (Å²) in [5.41, 5.74) is 0. The summed E-state index contributed by atoms with van der Waals surface area (Å²) in [6, 6.07) is 0. The van der Waals surface area contributed by atoms with E-state index in [0.29, 0.717) is 11.8 Å². The zero-order valence-corrected chi connectivity index (χ0v) is 38.2. The minimum atomic E-state index is -4.67. The molecule has 16 N–H and O–H groups in total. The Kier molecular flexibility index (Phi) is 60.7. The van der Waals surface area contributed by atoms with Crippen molar-refractivity contribution in [3.8, 4) is 0 Å². The van der Waals surface area contributed by atoms with Crippen LogP contribution in [0.25, 0.3) is 0 Å². The van der Waals surface area contributed by atoms with Crippen molar-refractivity contribution in [3.63, 3.8) is 0 Å². The Hall–Kier alpha value is -0.670. The fraction of sp³-hybridized carbons (Fsp3) is 0.917. The summed E-state index contributed by atoms with van der Waals surface area (Å²) in [5.74, 6) is -1.59. The summed E-state index contributed by atoms with van der Waals surface area (Å²) in [6.07, 6.45) is 7.62. The van der Waals surface area contributed by atoms with E-state index >= 15 is 0 Å². The van der Waals surface area contributed by atoms with Gasteiger partial charge in [0.05, 0.1) is 32.5 Å². The van der Waals surface area contributed by atoms with Crippen molar-refractivity contribution in [3.05, 3.63) is 6.92 Å². The molecule has 1 aliphatic rings. The molecule has 0 aromatic rings. The van der Waals surface area contributed by atoms with Gasteiger partial charge in [-0.1, -0.05) is 91.9 Å². The Balaban J connectivity index is -0.000000108. The number of aliphatic hydroxyl groups excluding tert-OH is 12. The second-order valence-corrected chi connectivity index (χ2v) is 14.3. The van der Waals surface area contributed by atoms with Gasteiger partial charge in [-0.25, -0.2) is 9.59 Å². The Morgan fingerprint density at radius 2 is 1.00 bits per heavy atom. The molecule has 58 heavy (non-hydrogen) atoms. The van der Waals surface area contributed by atoms with Crippen LogP contribution in [0.4, 0.5) is 0 Å². The van der Waals surface area contributed by atoms with Gasteiger partial charge in [-0.3, -0.25) is 9.11 Å². The average Bonchev–Trinajstić information content (AvgIpc) is 3.14. The predicted octanol–water partition coefficient (Wildman–Crippen LogP) is -3.21. The van der Waals surface area contributed by atoms with Crippen molar-refractivity contribution in [1.82, 2.24) is 0 Å². The summed E-state index contributed by atoms with van der Waals surface area (Å²) >= 11 is 0. The molecule has 1 fully saturated rings. The van der Waals surface area contributed by atoms with E-state index in [1.165, 1.54) is 70.6 Å². The average molecular weight is 887 g/mol. The quantitative estimate of drug-likeness (QED) is 0.0263. The molecule has 20 nitrogen and oxygen atoms in total. The maximum absolute atomic E-state index is 9.77. The predicted molar refractivity (Wildman–Crippen MR) is 211 cm³/mol. The van der Waals surface area contributed by atoms with Crippen molar-refractivity contribution in [2.45, 2.75) is 161 Å². The van der Waals surface area contributed by atoms with Gasteiger partial charge in [0, 0.05) is 6.61 Å². The van der Waals surface area contributed by atoms with Gasteiger partial charge in [0.15, 0.2) is 12.2 Å². The summed E-state index contributed by atoms with van der Waals surface area (Å²) in [5, 5.41) is 116. The van der Waals surface area contributed by atoms with Crippen LogP contribution in [0.5, 0.6) is 0 Å². The minimum absolute atomic E-state index is 0. The number of carboxylic acids is 2. The first-order valence-electron chi connectivity index (χ1n) is 19.1. The molecule has 1 rings (SSSR count). The minimum Gasteiger partial charge on any atom is -0.479 e. The molecule has 0 heterocycles. The molecule has 0 aromatic heterocycles. The van der Waals surface area contributed by atoms with Gasteiger partial charge in [-0.15, -0.1) is 0 Å². The Bertz CT molecular complexity index is 916. The van der Waals surface area contributed by atoms with Crippen LogP contribution in [-0.4, -0.2) is 177 Å². The van der Waals surface area contributed by atoms with Gasteiger partial charge in [-0.05, 0) is 37.5 Å². The molecule has 7 atom stereocenters. The molecule has 0 bridgehead atoms. The fourth-order valence-corrected chi connectivity index (χ4v) is 4.44. The molecular formula is C36H79NaO20S. The number of unbranched alkanes of at least 4 members (excludes halogenated alkanes) is 9. The number of aliphatic carboxylic acids is 2. The monoisotopic (exact) mass is 886 g/mol. The smallest absolute Gasteiger partial charge is 0.479 e. The summed E-state index contributed by atoms with van der Waals surface area (Å²) in [6.45, 7) is 12.7. The number of carboxylic acid groups (broad SMARTS) is 2. The molecule has 7 unspecified atom stereocenters. The standard InChI is InChI=1S/C12H25.C10H20O.C5H12O5.C4H6O6.C3H8O3.C2H6O.Na.H2O4S/c1-3-5-7-9-11-12-10-8-6-4-2;1-7(2)9-5-4-8(3)6-10(9)11;6-1-3(8)5(10)4(9)2-7;5-1(3(7)8)2(6)4(9)10;4-1-3(6)2-5;1-2-3;;1-5(2,3)4/h1,3-12H2,2H3;7-11H,4-6H2,1-3H3;3-10H,1-2H2;1-2,5-6H,(H,7,8)(H,9,10);3-6H,1-2H2;3H,2H2,1H3;;(H2,1,2,3,4)/q-1;;;;;;+1;. The first-order valence-corrected chi connectivity index (χ1v) is 20.5. The van der Waals surface area contributed by atoms with E-state index in [0.717, 1.165) is 18.8 Å². The van der Waals surface area contributed by atoms with Crippen molar-refractivity contribution in [2.75, 3.05) is 33.0 Å². The number of hydrogen-bond acceptors (Lipinski definition) is 16. The van der Waals surface area contributed by atoms with Crippen LogP contribution in [0.1, 0.15) is 118 Å². The summed E-state index contributed by atoms with van der Waals surface area (Å²) in [7, 11) is -4.67. The number of rotatable bonds is 19. The fourth-order valence-electron chi connectivity index (χ4n) is 4.44. The molecule has 0 aromatic carbocycles. The first-order chi connectivity index (χ1) is 26.3. The van der Waals surface area contributed by atoms with Crippen LogP contribution in [0.2, 0.25) is 0 Å². The largest absolute Gasteiger partial charge is 1.00 e. The Morgan fingerprint density at radius 3 is 1.22 bits per heavy atom. The molecule has 0 radical (unpaired) electrons. The van der Waals surface area contributed by atoms with Crippen LogP contribution in [0.15, 0.2) is 0 Å². The van der Waals surface area contributed by atoms with Crippen molar-refractivity contribution >= 4 is 22.3 Å². The van der Waals surface area contributed by atoms with E-state index in [4.69, 9.17) is 83.9 Å². The second-order valence-electron chi connectivity index (χ2n) is 13.4. The zero-order chi connectivity index (χ0) is 46.2. The van der Waals surface area contributed by atoms with Crippen molar-refractivity contribution in [2.24, 2.45) is 17.8 Å². The van der Waals surface area contributed by atoms with E-state index in [1.807, 2.05) is 0 Å². The van der Waals surface area contributed by atoms with E-state index < -0.39 is 72.2 Å². The van der Waals surface area contributed by atoms with Crippen LogP contribution < -0.4 is 29.6 Å². The van der Waals surface area contributed by atoms with Crippen molar-refractivity contribution < 1.29 is 128 Å². The third-order valence-electron chi connectivity index (χ3n) is 7.73. The van der Waals surface area contributed by atoms with Gasteiger partial charge < -0.3 is 78.4 Å². The van der Waals surface area contributed by atoms with Crippen molar-refractivity contribution in [1.29, 1.82) is 0 Å². The molecule has 350 valence electrons. The van der Waals surface area contributed by atoms with Gasteiger partial charge in [0.25, 0.3) is 0 Å². The normalized spacial score (nSPS) is 18.2. The van der Waals surface area contributed by atoms with Crippen LogP contribution >= 0.6 is 0 Å². The number of carbonyl (C=O) groups is 2. The van der Waals surface area contributed by atoms with E-state index in [1.54, 1.807) is 6.92 Å². The molecule has 0 amide bonds. The van der Waals surface area contributed by atoms with Gasteiger partial charge >= 0.3 is 51.9 Å². The third-order valence-corrected chi connectivity index (χ3v) is 7.73. The van der Waals surface area contributed by atoms with Crippen LogP contribution in [0, 0.1) is 24.7 Å². The Morgan fingerprint density at radius 1 is 0.672 bits per heavy atom. The van der Waals surface area contributed by atoms with E-state index in [9.17, 15) is 14.7 Å². The molecule has 0 spiro atoms. The van der Waals surface area contributed by atoms with E-state index in [-0.39, 0.29) is 55.5 Å². The zero-order valence-electron chi connectivity index (χ0n) is 35.4. The maximum atomic E-state index is 9.77. The van der Waals surface area contributed by atoms with Gasteiger partial charge in [-0.2, -0.15) is 14.8 Å². The topological polar surface area (TPSA) is 392 Å².